The van der Waals surface area contributed by atoms with Crippen molar-refractivity contribution in [3.05, 3.63) is 58.7 Å². The molecular weight excluding hydrogens is 508 g/mol. The second-order valence-electron chi connectivity index (χ2n) is 12.1. The highest BCUT2D eigenvalue weighted by Gasteiger charge is 2.44. The van der Waals surface area contributed by atoms with Crippen molar-refractivity contribution in [1.29, 1.82) is 5.41 Å². The number of carbonyl (C=O) groups excluding carboxylic acids is 3. The highest BCUT2D eigenvalue weighted by Crippen LogP contribution is 2.42. The summed E-state index contributed by atoms with van der Waals surface area (Å²) in [7, 11) is 0. The zero-order chi connectivity index (χ0) is 28.2. The van der Waals surface area contributed by atoms with E-state index in [0.29, 0.717) is 67.8 Å². The van der Waals surface area contributed by atoms with Crippen LogP contribution in [0.2, 0.25) is 0 Å². The highest BCUT2D eigenvalue weighted by atomic mass is 16.5. The molecule has 0 aromatic heterocycles. The Morgan fingerprint density at radius 3 is 2.58 bits per heavy atom. The van der Waals surface area contributed by atoms with Crippen LogP contribution in [0.15, 0.2) is 36.4 Å². The van der Waals surface area contributed by atoms with E-state index in [-0.39, 0.29) is 36.0 Å². The van der Waals surface area contributed by atoms with Crippen molar-refractivity contribution in [1.82, 2.24) is 15.5 Å². The number of fused-ring (bicyclic) bond motifs is 6. The van der Waals surface area contributed by atoms with E-state index in [1.165, 1.54) is 4.90 Å². The van der Waals surface area contributed by atoms with Crippen LogP contribution in [0.1, 0.15) is 110 Å². The fraction of sp³-hybridized carbons (Fsp3) is 0.484. The number of hydrogen-bond acceptors (Lipinski definition) is 6. The van der Waals surface area contributed by atoms with Crippen LogP contribution in [0.3, 0.4) is 0 Å². The Morgan fingerprint density at radius 1 is 1.05 bits per heavy atom. The van der Waals surface area contributed by atoms with Crippen molar-refractivity contribution in [3.63, 3.8) is 0 Å². The van der Waals surface area contributed by atoms with E-state index >= 15 is 0 Å². The predicted octanol–water partition coefficient (Wildman–Crippen LogP) is 4.81. The number of hydrogen-bond donors (Lipinski definition) is 3. The molecule has 0 spiro atoms. The minimum absolute atomic E-state index is 0.00588. The third-order valence-electron chi connectivity index (χ3n) is 8.80. The first-order chi connectivity index (χ1) is 19.1. The van der Waals surface area contributed by atoms with Crippen molar-refractivity contribution in [2.45, 2.75) is 88.9 Å². The summed E-state index contributed by atoms with van der Waals surface area (Å²) in [6.07, 6.45) is 3.48. The predicted molar refractivity (Wildman–Crippen MR) is 149 cm³/mol. The summed E-state index contributed by atoms with van der Waals surface area (Å²) in [5.41, 5.74) is 1.47. The third kappa shape index (κ3) is 4.61. The highest BCUT2D eigenvalue weighted by molar-refractivity contribution is 6.00. The largest absolute Gasteiger partial charge is 0.493 e. The Kier molecular flexibility index (Phi) is 6.35. The zero-order valence-corrected chi connectivity index (χ0v) is 23.3. The van der Waals surface area contributed by atoms with Gasteiger partial charge >= 0.3 is 0 Å². The lowest BCUT2D eigenvalue weighted by Crippen LogP contribution is -2.63. The average molecular weight is 545 g/mol. The summed E-state index contributed by atoms with van der Waals surface area (Å²) < 4.78 is 12.1. The van der Waals surface area contributed by atoms with Gasteiger partial charge in [-0.05, 0) is 69.5 Å². The molecule has 1 saturated heterocycles. The van der Waals surface area contributed by atoms with Gasteiger partial charge in [-0.2, -0.15) is 0 Å². The summed E-state index contributed by atoms with van der Waals surface area (Å²) in [6.45, 7) is 6.40. The van der Waals surface area contributed by atoms with E-state index < -0.39 is 17.2 Å². The fourth-order valence-electron chi connectivity index (χ4n) is 6.64. The smallest absolute Gasteiger partial charge is 0.251 e. The molecule has 5 heterocycles. The molecule has 7 rings (SSSR count). The number of guanidine groups is 1. The Balaban J connectivity index is 1.44. The van der Waals surface area contributed by atoms with Crippen LogP contribution in [-0.4, -0.2) is 46.2 Å². The molecule has 6 bridgehead atoms. The SMILES string of the molecule is CC[C@]12CCCC(=O)c3ccc4c(c3)[C@H](CC(C)(C)O4)NC(=O)c3ccc4c(c3)[C@@H](CCO4)N(C(=N)N1)C(=O)C2. The molecule has 0 radical (unpaired) electrons. The van der Waals surface area contributed by atoms with Crippen molar-refractivity contribution >= 4 is 23.6 Å². The summed E-state index contributed by atoms with van der Waals surface area (Å²) in [5, 5.41) is 15.4. The lowest BCUT2D eigenvalue weighted by atomic mass is 9.82. The molecule has 0 saturated carbocycles. The molecule has 0 aliphatic carbocycles. The first-order valence-electron chi connectivity index (χ1n) is 14.2. The van der Waals surface area contributed by atoms with Crippen molar-refractivity contribution in [3.8, 4) is 11.5 Å². The molecule has 5 aliphatic heterocycles. The molecular formula is C31H36N4O5. The van der Waals surface area contributed by atoms with Gasteiger partial charge in [0.05, 0.1) is 25.1 Å². The summed E-state index contributed by atoms with van der Waals surface area (Å²) in [5.74, 6) is 0.963. The molecule has 1 fully saturated rings. The Labute approximate surface area is 234 Å². The van der Waals surface area contributed by atoms with Crippen LogP contribution in [0.4, 0.5) is 0 Å². The molecule has 5 aliphatic rings. The number of rotatable bonds is 1. The van der Waals surface area contributed by atoms with Gasteiger partial charge in [-0.1, -0.05) is 6.92 Å². The maximum Gasteiger partial charge on any atom is 0.251 e. The van der Waals surface area contributed by atoms with Crippen LogP contribution in [-0.2, 0) is 4.79 Å². The van der Waals surface area contributed by atoms with Crippen LogP contribution < -0.4 is 20.1 Å². The molecule has 210 valence electrons. The summed E-state index contributed by atoms with van der Waals surface area (Å²) >= 11 is 0. The Morgan fingerprint density at radius 2 is 1.80 bits per heavy atom. The first kappa shape index (κ1) is 26.3. The second kappa shape index (κ2) is 9.64. The van der Waals surface area contributed by atoms with Crippen molar-refractivity contribution in [2.24, 2.45) is 0 Å². The maximum absolute atomic E-state index is 13.6. The number of nitrogens with one attached hydrogen (secondary N) is 3. The molecule has 3 N–H and O–H groups in total. The summed E-state index contributed by atoms with van der Waals surface area (Å²) in [4.78, 5) is 42.1. The molecule has 0 unspecified atom stereocenters. The van der Waals surface area contributed by atoms with E-state index in [9.17, 15) is 14.4 Å². The van der Waals surface area contributed by atoms with Crippen LogP contribution in [0.5, 0.6) is 11.5 Å². The van der Waals surface area contributed by atoms with Gasteiger partial charge in [0.1, 0.15) is 17.1 Å². The van der Waals surface area contributed by atoms with Gasteiger partial charge in [-0.3, -0.25) is 24.7 Å². The normalized spacial score (nSPS) is 27.5. The maximum atomic E-state index is 13.6. The quantitative estimate of drug-likeness (QED) is 0.474. The monoisotopic (exact) mass is 544 g/mol. The minimum atomic E-state index is -0.577. The lowest BCUT2D eigenvalue weighted by molar-refractivity contribution is -0.133. The molecule has 2 amide bonds. The van der Waals surface area contributed by atoms with E-state index in [1.54, 1.807) is 24.3 Å². The minimum Gasteiger partial charge on any atom is -0.493 e. The number of amides is 2. The van der Waals surface area contributed by atoms with Gasteiger partial charge in [0, 0.05) is 47.1 Å². The van der Waals surface area contributed by atoms with E-state index in [0.717, 1.165) is 11.1 Å². The van der Waals surface area contributed by atoms with E-state index in [2.05, 4.69) is 10.6 Å². The van der Waals surface area contributed by atoms with Crippen LogP contribution in [0, 0.1) is 5.41 Å². The van der Waals surface area contributed by atoms with Gasteiger partial charge in [0.25, 0.3) is 5.91 Å². The zero-order valence-electron chi connectivity index (χ0n) is 23.3. The molecule has 2 aromatic rings. The molecule has 40 heavy (non-hydrogen) atoms. The first-order valence-corrected chi connectivity index (χ1v) is 14.2. The second-order valence-corrected chi connectivity index (χ2v) is 12.1. The average Bonchev–Trinajstić information content (AvgIpc) is 2.91. The van der Waals surface area contributed by atoms with Gasteiger partial charge in [0.2, 0.25) is 5.91 Å². The number of Topliss-reactive ketones (excluding diaryl/α,β-unsaturated/α-hetero) is 1. The number of ketones is 1. The van der Waals surface area contributed by atoms with Gasteiger partial charge in [0.15, 0.2) is 11.7 Å². The van der Waals surface area contributed by atoms with Crippen LogP contribution >= 0.6 is 0 Å². The van der Waals surface area contributed by atoms with E-state index in [1.807, 2.05) is 32.9 Å². The number of nitrogens with zero attached hydrogens (tertiary/aromatic N) is 1. The Hall–Kier alpha value is -3.88. The molecule has 9 heteroatoms. The van der Waals surface area contributed by atoms with Crippen molar-refractivity contribution in [2.75, 3.05) is 6.61 Å². The van der Waals surface area contributed by atoms with Crippen LogP contribution in [0.25, 0.3) is 0 Å². The fourth-order valence-corrected chi connectivity index (χ4v) is 6.64. The van der Waals surface area contributed by atoms with Gasteiger partial charge < -0.3 is 20.1 Å². The Bertz CT molecular complexity index is 1400. The van der Waals surface area contributed by atoms with Gasteiger partial charge in [-0.25, -0.2) is 0 Å². The lowest BCUT2D eigenvalue weighted by Gasteiger charge is -2.46. The van der Waals surface area contributed by atoms with Gasteiger partial charge in [-0.15, -0.1) is 0 Å². The third-order valence-corrected chi connectivity index (χ3v) is 8.80. The molecule has 2 aromatic carbocycles. The summed E-state index contributed by atoms with van der Waals surface area (Å²) in [6, 6.07) is 9.99. The standard InChI is InChI=1S/C31H36N4O5/c1-4-31-12-5-6-24(36)18-7-10-26-20(14-18)22(16-30(2,3)40-26)33-28(38)19-8-9-25-21(15-19)23(11-13-39-25)35(27(37)17-31)29(32)34-31/h7-10,14-15,22-23H,4-6,11-13,16-17H2,1-3H3,(H2,32,34)(H,33,38)/t22-,23+,31+/m0/s1. The molecule has 3 atom stereocenters. The number of carbonyl (C=O) groups is 3. The number of benzene rings is 2. The van der Waals surface area contributed by atoms with Crippen molar-refractivity contribution < 1.29 is 23.9 Å². The molecule has 9 nitrogen and oxygen atoms in total. The van der Waals surface area contributed by atoms with E-state index in [4.69, 9.17) is 14.9 Å². The number of ether oxygens (including phenoxy) is 2. The topological polar surface area (TPSA) is 121 Å².